The summed E-state index contributed by atoms with van der Waals surface area (Å²) in [6, 6.07) is 1.78. The molecule has 10 heteroatoms. The van der Waals surface area contributed by atoms with Crippen LogP contribution in [0, 0.1) is 11.8 Å². The van der Waals surface area contributed by atoms with E-state index in [0.29, 0.717) is 11.8 Å². The molecule has 2 N–H and O–H groups in total. The third-order valence-electron chi connectivity index (χ3n) is 6.25. The van der Waals surface area contributed by atoms with Crippen LogP contribution in [0.3, 0.4) is 0 Å². The van der Waals surface area contributed by atoms with Gasteiger partial charge in [0, 0.05) is 61.8 Å². The standard InChI is InChI=1S/C22H30N8O2/c1-32-28-19(20-24-7-2-8-25-20)17-5-11-30(12-6-17)21(31)18-3-9-29(10-4-18)15-16-13-26-22(23)27-14-16/h2,7-8,13-14,17-18H,3-6,9-12,15H2,1H3,(H2,23,26,27). The van der Waals surface area contributed by atoms with Crippen LogP contribution in [0.25, 0.3) is 0 Å². The maximum Gasteiger partial charge on any atom is 0.225 e. The van der Waals surface area contributed by atoms with Gasteiger partial charge in [0.15, 0.2) is 5.82 Å². The molecular weight excluding hydrogens is 408 g/mol. The highest BCUT2D eigenvalue weighted by atomic mass is 16.6. The van der Waals surface area contributed by atoms with Gasteiger partial charge in [-0.2, -0.15) is 0 Å². The van der Waals surface area contributed by atoms with Crippen molar-refractivity contribution in [3.8, 4) is 0 Å². The molecule has 4 heterocycles. The minimum atomic E-state index is 0.0926. The van der Waals surface area contributed by atoms with Crippen LogP contribution in [-0.2, 0) is 16.2 Å². The van der Waals surface area contributed by atoms with Crippen LogP contribution in [0.4, 0.5) is 5.95 Å². The van der Waals surface area contributed by atoms with Crippen LogP contribution < -0.4 is 5.73 Å². The predicted octanol–water partition coefficient (Wildman–Crippen LogP) is 1.35. The molecule has 4 rings (SSSR count). The Bertz CT molecular complexity index is 905. The van der Waals surface area contributed by atoms with Crippen molar-refractivity contribution in [3.05, 3.63) is 42.2 Å². The van der Waals surface area contributed by atoms with Gasteiger partial charge >= 0.3 is 0 Å². The molecule has 0 saturated carbocycles. The molecule has 0 aliphatic carbocycles. The highest BCUT2D eigenvalue weighted by Gasteiger charge is 2.33. The molecule has 0 unspecified atom stereocenters. The van der Waals surface area contributed by atoms with Gasteiger partial charge in [-0.15, -0.1) is 0 Å². The summed E-state index contributed by atoms with van der Waals surface area (Å²) in [5.41, 5.74) is 7.36. The number of carbonyl (C=O) groups excluding carboxylic acids is 1. The highest BCUT2D eigenvalue weighted by molar-refractivity contribution is 5.98. The lowest BCUT2D eigenvalue weighted by Crippen LogP contribution is -2.46. The molecular formula is C22H30N8O2. The molecule has 0 atom stereocenters. The highest BCUT2D eigenvalue weighted by Crippen LogP contribution is 2.26. The zero-order valence-electron chi connectivity index (χ0n) is 18.4. The number of nitrogen functional groups attached to an aromatic ring is 1. The molecule has 2 fully saturated rings. The van der Waals surface area contributed by atoms with Gasteiger partial charge in [0.1, 0.15) is 12.8 Å². The van der Waals surface area contributed by atoms with Crippen LogP contribution >= 0.6 is 0 Å². The van der Waals surface area contributed by atoms with Crippen molar-refractivity contribution < 1.29 is 9.63 Å². The van der Waals surface area contributed by atoms with E-state index in [2.05, 4.69) is 30.0 Å². The second kappa shape index (κ2) is 10.4. The molecule has 0 bridgehead atoms. The van der Waals surface area contributed by atoms with Gasteiger partial charge in [0.05, 0.1) is 0 Å². The summed E-state index contributed by atoms with van der Waals surface area (Å²) in [6.07, 6.45) is 10.4. The third-order valence-corrected chi connectivity index (χ3v) is 6.25. The van der Waals surface area contributed by atoms with Crippen LogP contribution in [0.2, 0.25) is 0 Å². The normalized spacial score (nSPS) is 19.2. The first-order chi connectivity index (χ1) is 15.6. The quantitative estimate of drug-likeness (QED) is 0.530. The van der Waals surface area contributed by atoms with Crippen molar-refractivity contribution in [2.45, 2.75) is 32.2 Å². The van der Waals surface area contributed by atoms with Crippen molar-refractivity contribution in [1.29, 1.82) is 0 Å². The maximum absolute atomic E-state index is 13.1. The molecule has 0 aromatic carbocycles. The number of likely N-dealkylation sites (tertiary alicyclic amines) is 2. The number of piperidine rings is 2. The van der Waals surface area contributed by atoms with Crippen molar-refractivity contribution in [1.82, 2.24) is 29.7 Å². The lowest BCUT2D eigenvalue weighted by atomic mass is 9.89. The van der Waals surface area contributed by atoms with E-state index < -0.39 is 0 Å². The molecule has 2 aromatic heterocycles. The Kier molecular flexibility index (Phi) is 7.21. The largest absolute Gasteiger partial charge is 0.399 e. The van der Waals surface area contributed by atoms with Crippen LogP contribution in [-0.4, -0.2) is 74.6 Å². The number of hydrogen-bond acceptors (Lipinski definition) is 9. The minimum absolute atomic E-state index is 0.0926. The average Bonchev–Trinajstić information content (AvgIpc) is 2.85. The van der Waals surface area contributed by atoms with E-state index in [1.54, 1.807) is 30.9 Å². The minimum Gasteiger partial charge on any atom is -0.399 e. The fourth-order valence-corrected chi connectivity index (χ4v) is 4.50. The Hall–Kier alpha value is -3.14. The lowest BCUT2D eigenvalue weighted by molar-refractivity contribution is -0.138. The van der Waals surface area contributed by atoms with Crippen LogP contribution in [0.1, 0.15) is 37.1 Å². The zero-order chi connectivity index (χ0) is 22.3. The number of nitrogens with zero attached hydrogens (tertiary/aromatic N) is 7. The summed E-state index contributed by atoms with van der Waals surface area (Å²) >= 11 is 0. The van der Waals surface area contributed by atoms with Crippen LogP contribution in [0.15, 0.2) is 36.0 Å². The molecule has 2 aliphatic rings. The Balaban J connectivity index is 1.26. The van der Waals surface area contributed by atoms with E-state index >= 15 is 0 Å². The summed E-state index contributed by atoms with van der Waals surface area (Å²) in [5, 5.41) is 4.19. The number of aromatic nitrogens is 4. The Labute approximate surface area is 187 Å². The number of amides is 1. The Morgan fingerprint density at radius 2 is 1.66 bits per heavy atom. The number of carbonyl (C=O) groups is 1. The first kappa shape index (κ1) is 22.1. The van der Waals surface area contributed by atoms with Crippen molar-refractivity contribution in [2.24, 2.45) is 17.0 Å². The monoisotopic (exact) mass is 438 g/mol. The summed E-state index contributed by atoms with van der Waals surface area (Å²) in [4.78, 5) is 39.3. The SMILES string of the molecule is CON=C(c1ncccn1)C1CCN(C(=O)C2CCN(Cc3cnc(N)nc3)CC2)CC1. The fraction of sp³-hybridized carbons (Fsp3) is 0.545. The third kappa shape index (κ3) is 5.37. The molecule has 32 heavy (non-hydrogen) atoms. The molecule has 2 aliphatic heterocycles. The smallest absolute Gasteiger partial charge is 0.225 e. The molecule has 170 valence electrons. The second-order valence-corrected chi connectivity index (χ2v) is 8.33. The van der Waals surface area contributed by atoms with E-state index in [4.69, 9.17) is 10.6 Å². The van der Waals surface area contributed by atoms with Crippen molar-refractivity contribution in [3.63, 3.8) is 0 Å². The zero-order valence-corrected chi connectivity index (χ0v) is 18.4. The van der Waals surface area contributed by atoms with E-state index in [1.165, 1.54) is 7.11 Å². The van der Waals surface area contributed by atoms with Gasteiger partial charge in [-0.1, -0.05) is 5.16 Å². The van der Waals surface area contributed by atoms with E-state index in [-0.39, 0.29) is 17.7 Å². The molecule has 10 nitrogen and oxygen atoms in total. The number of nitrogens with two attached hydrogens (primary N) is 1. The van der Waals surface area contributed by atoms with Gasteiger partial charge < -0.3 is 15.5 Å². The molecule has 0 radical (unpaired) electrons. The number of anilines is 1. The first-order valence-corrected chi connectivity index (χ1v) is 11.1. The summed E-state index contributed by atoms with van der Waals surface area (Å²) in [5.74, 6) is 1.44. The van der Waals surface area contributed by atoms with Gasteiger partial charge in [-0.05, 0) is 44.8 Å². The number of oxime groups is 1. The molecule has 1 amide bonds. The summed E-state index contributed by atoms with van der Waals surface area (Å²) in [7, 11) is 1.54. The van der Waals surface area contributed by atoms with Crippen molar-refractivity contribution in [2.75, 3.05) is 39.0 Å². The van der Waals surface area contributed by atoms with Crippen LogP contribution in [0.5, 0.6) is 0 Å². The average molecular weight is 439 g/mol. The van der Waals surface area contributed by atoms with Gasteiger partial charge in [-0.25, -0.2) is 19.9 Å². The predicted molar refractivity (Wildman–Crippen MR) is 119 cm³/mol. The van der Waals surface area contributed by atoms with E-state index in [9.17, 15) is 4.79 Å². The Morgan fingerprint density at radius 3 is 2.28 bits per heavy atom. The molecule has 0 spiro atoms. The van der Waals surface area contributed by atoms with Gasteiger partial charge in [-0.3, -0.25) is 9.69 Å². The van der Waals surface area contributed by atoms with E-state index in [1.807, 2.05) is 4.90 Å². The van der Waals surface area contributed by atoms with Gasteiger partial charge in [0.25, 0.3) is 0 Å². The molecule has 2 aromatic rings. The first-order valence-electron chi connectivity index (χ1n) is 11.1. The molecule has 2 saturated heterocycles. The van der Waals surface area contributed by atoms with Gasteiger partial charge in [0.2, 0.25) is 11.9 Å². The fourth-order valence-electron chi connectivity index (χ4n) is 4.50. The van der Waals surface area contributed by atoms with E-state index in [0.717, 1.165) is 69.7 Å². The Morgan fingerprint density at radius 1 is 1.03 bits per heavy atom. The second-order valence-electron chi connectivity index (χ2n) is 8.33. The number of hydrogen-bond donors (Lipinski definition) is 1. The lowest BCUT2D eigenvalue weighted by Gasteiger charge is -2.37. The maximum atomic E-state index is 13.1. The summed E-state index contributed by atoms with van der Waals surface area (Å²) in [6.45, 7) is 4.03. The number of rotatable bonds is 6. The summed E-state index contributed by atoms with van der Waals surface area (Å²) < 4.78 is 0. The van der Waals surface area contributed by atoms with Crippen molar-refractivity contribution >= 4 is 17.6 Å². The topological polar surface area (TPSA) is 123 Å².